The molecule has 0 bridgehead atoms. The number of Topliss-reactive ketones (excluding diaryl/α,β-unsaturated/α-hetero) is 1. The Morgan fingerprint density at radius 1 is 1.23 bits per heavy atom. The highest BCUT2D eigenvalue weighted by Crippen LogP contribution is 2.21. The third-order valence-corrected chi connectivity index (χ3v) is 5.01. The van der Waals surface area contributed by atoms with E-state index in [9.17, 15) is 14.9 Å². The third-order valence-electron chi connectivity index (χ3n) is 5.01. The van der Waals surface area contributed by atoms with Crippen LogP contribution in [0.25, 0.3) is 0 Å². The van der Waals surface area contributed by atoms with Gasteiger partial charge in [-0.1, -0.05) is 0 Å². The molecular formula is C18H24N5O3+. The number of nitro groups is 1. The summed E-state index contributed by atoms with van der Waals surface area (Å²) in [5.41, 5.74) is 3.05. The lowest BCUT2D eigenvalue weighted by Gasteiger charge is -2.33. The van der Waals surface area contributed by atoms with Gasteiger partial charge < -0.3 is 9.80 Å². The van der Waals surface area contributed by atoms with Crippen molar-refractivity contribution in [3.8, 4) is 0 Å². The van der Waals surface area contributed by atoms with E-state index in [0.717, 1.165) is 37.4 Å². The molecule has 2 heterocycles. The summed E-state index contributed by atoms with van der Waals surface area (Å²) in [6, 6.07) is 7.72. The predicted octanol–water partition coefficient (Wildman–Crippen LogP) is 0.973. The second kappa shape index (κ2) is 7.25. The van der Waals surface area contributed by atoms with Crippen LogP contribution in [0.1, 0.15) is 28.7 Å². The lowest BCUT2D eigenvalue weighted by Crippen LogP contribution is -3.14. The van der Waals surface area contributed by atoms with Gasteiger partial charge >= 0.3 is 5.69 Å². The van der Waals surface area contributed by atoms with E-state index in [1.807, 2.05) is 24.3 Å². The number of benzene rings is 1. The number of ketones is 1. The Morgan fingerprint density at radius 3 is 2.35 bits per heavy atom. The van der Waals surface area contributed by atoms with Crippen LogP contribution >= 0.6 is 0 Å². The summed E-state index contributed by atoms with van der Waals surface area (Å²) in [5, 5.41) is 15.5. The van der Waals surface area contributed by atoms with E-state index < -0.39 is 0 Å². The fraction of sp³-hybridized carbons (Fsp3) is 0.444. The smallest absolute Gasteiger partial charge is 0.312 e. The Balaban J connectivity index is 1.61. The summed E-state index contributed by atoms with van der Waals surface area (Å²) >= 11 is 0. The van der Waals surface area contributed by atoms with Crippen molar-refractivity contribution in [1.82, 2.24) is 9.78 Å². The molecule has 1 aliphatic rings. The number of quaternary nitrogens is 1. The number of piperazine rings is 1. The van der Waals surface area contributed by atoms with Crippen molar-refractivity contribution in [2.75, 3.05) is 31.1 Å². The zero-order chi connectivity index (χ0) is 18.8. The molecule has 8 heteroatoms. The number of rotatable bonds is 5. The van der Waals surface area contributed by atoms with Gasteiger partial charge in [-0.15, -0.1) is 0 Å². The summed E-state index contributed by atoms with van der Waals surface area (Å²) in [7, 11) is 0. The summed E-state index contributed by atoms with van der Waals surface area (Å²) in [6.45, 7) is 9.30. The molecule has 0 unspecified atom stereocenters. The summed E-state index contributed by atoms with van der Waals surface area (Å²) < 4.78 is 1.75. The van der Waals surface area contributed by atoms with Gasteiger partial charge in [0.15, 0.2) is 12.5 Å². The van der Waals surface area contributed by atoms with Gasteiger partial charge in [0.1, 0.15) is 11.4 Å². The van der Waals surface area contributed by atoms with E-state index in [2.05, 4.69) is 10.00 Å². The maximum absolute atomic E-state index is 11.4. The molecule has 0 atom stereocenters. The molecule has 8 nitrogen and oxygen atoms in total. The number of anilines is 1. The molecule has 1 aromatic carbocycles. The number of carbonyl (C=O) groups excluding carboxylic acids is 1. The summed E-state index contributed by atoms with van der Waals surface area (Å²) in [5.74, 6) is 0.0739. The lowest BCUT2D eigenvalue weighted by molar-refractivity contribution is -0.924. The lowest BCUT2D eigenvalue weighted by atomic mass is 10.1. The summed E-state index contributed by atoms with van der Waals surface area (Å²) in [4.78, 5) is 25.8. The fourth-order valence-corrected chi connectivity index (χ4v) is 3.46. The molecule has 2 aromatic rings. The van der Waals surface area contributed by atoms with Crippen molar-refractivity contribution in [2.24, 2.45) is 0 Å². The monoisotopic (exact) mass is 358 g/mol. The fourth-order valence-electron chi connectivity index (χ4n) is 3.46. The van der Waals surface area contributed by atoms with Gasteiger partial charge in [0.05, 0.1) is 31.1 Å². The van der Waals surface area contributed by atoms with Crippen LogP contribution in [-0.2, 0) is 6.67 Å². The quantitative estimate of drug-likeness (QED) is 0.489. The first-order valence-corrected chi connectivity index (χ1v) is 8.74. The van der Waals surface area contributed by atoms with Crippen LogP contribution < -0.4 is 9.80 Å². The highest BCUT2D eigenvalue weighted by molar-refractivity contribution is 5.94. The van der Waals surface area contributed by atoms with Crippen LogP contribution in [0.15, 0.2) is 24.3 Å². The number of hydrogen-bond acceptors (Lipinski definition) is 5. The molecule has 1 N–H and O–H groups in total. The van der Waals surface area contributed by atoms with Crippen molar-refractivity contribution < 1.29 is 14.6 Å². The van der Waals surface area contributed by atoms with E-state index in [4.69, 9.17) is 0 Å². The number of aryl methyl sites for hydroxylation is 1. The van der Waals surface area contributed by atoms with Gasteiger partial charge in [-0.2, -0.15) is 5.10 Å². The number of hydrogen-bond donors (Lipinski definition) is 1. The molecule has 1 aromatic heterocycles. The average Bonchev–Trinajstić information content (AvgIpc) is 2.89. The Labute approximate surface area is 152 Å². The van der Waals surface area contributed by atoms with Gasteiger partial charge in [-0.05, 0) is 45.0 Å². The van der Waals surface area contributed by atoms with Crippen LogP contribution in [-0.4, -0.2) is 46.7 Å². The van der Waals surface area contributed by atoms with Crippen molar-refractivity contribution >= 4 is 17.2 Å². The highest BCUT2D eigenvalue weighted by atomic mass is 16.6. The second-order valence-electron chi connectivity index (χ2n) is 6.77. The standard InChI is InChI=1S/C18H23N5O3/c1-13-18(23(25)26)14(2)22(19-13)12-20-8-10-21(11-9-20)17-6-4-16(5-7-17)15(3)24/h4-7H,8-12H2,1-3H3/p+1. The van der Waals surface area contributed by atoms with E-state index in [1.54, 1.807) is 25.5 Å². The molecule has 3 rings (SSSR count). The number of nitrogens with zero attached hydrogens (tertiary/aromatic N) is 4. The van der Waals surface area contributed by atoms with Crippen LogP contribution in [0.5, 0.6) is 0 Å². The van der Waals surface area contributed by atoms with E-state index in [1.165, 1.54) is 4.90 Å². The Kier molecular flexibility index (Phi) is 5.03. The largest absolute Gasteiger partial charge is 0.360 e. The molecule has 1 saturated heterocycles. The zero-order valence-corrected chi connectivity index (χ0v) is 15.4. The number of carbonyl (C=O) groups is 1. The first kappa shape index (κ1) is 18.1. The van der Waals surface area contributed by atoms with Crippen LogP contribution in [0, 0.1) is 24.0 Å². The SMILES string of the molecule is CC(=O)c1ccc(N2CC[NH+](Cn3nc(C)c([N+](=O)[O-])c3C)CC2)cc1. The van der Waals surface area contributed by atoms with Gasteiger partial charge in [-0.3, -0.25) is 14.9 Å². The van der Waals surface area contributed by atoms with Crippen LogP contribution in [0.3, 0.4) is 0 Å². The molecular weight excluding hydrogens is 334 g/mol. The molecule has 0 amide bonds. The third kappa shape index (κ3) is 3.60. The van der Waals surface area contributed by atoms with E-state index in [0.29, 0.717) is 18.1 Å². The molecule has 0 saturated carbocycles. The molecule has 0 spiro atoms. The maximum Gasteiger partial charge on any atom is 0.312 e. The van der Waals surface area contributed by atoms with Crippen molar-refractivity contribution in [2.45, 2.75) is 27.4 Å². The van der Waals surface area contributed by atoms with Crippen LogP contribution in [0.4, 0.5) is 11.4 Å². The molecule has 26 heavy (non-hydrogen) atoms. The van der Waals surface area contributed by atoms with Gasteiger partial charge in [0.25, 0.3) is 0 Å². The average molecular weight is 358 g/mol. The summed E-state index contributed by atoms with van der Waals surface area (Å²) in [6.07, 6.45) is 0. The molecule has 1 fully saturated rings. The van der Waals surface area contributed by atoms with Gasteiger partial charge in [0, 0.05) is 11.3 Å². The Hall–Kier alpha value is -2.74. The van der Waals surface area contributed by atoms with Crippen molar-refractivity contribution in [3.63, 3.8) is 0 Å². The van der Waals surface area contributed by atoms with Crippen molar-refractivity contribution in [3.05, 3.63) is 51.3 Å². The zero-order valence-electron chi connectivity index (χ0n) is 15.4. The first-order chi connectivity index (χ1) is 12.4. The maximum atomic E-state index is 11.4. The predicted molar refractivity (Wildman–Crippen MR) is 97.7 cm³/mol. The number of nitrogens with one attached hydrogen (secondary N) is 1. The normalized spacial score (nSPS) is 15.3. The molecule has 0 radical (unpaired) electrons. The molecule has 1 aliphatic heterocycles. The van der Waals surface area contributed by atoms with Crippen molar-refractivity contribution in [1.29, 1.82) is 0 Å². The van der Waals surface area contributed by atoms with Gasteiger partial charge in [-0.25, -0.2) is 4.68 Å². The molecule has 138 valence electrons. The Morgan fingerprint density at radius 2 is 1.85 bits per heavy atom. The Bertz CT molecular complexity index is 820. The van der Waals surface area contributed by atoms with Gasteiger partial charge in [0.2, 0.25) is 0 Å². The van der Waals surface area contributed by atoms with E-state index in [-0.39, 0.29) is 16.4 Å². The minimum Gasteiger partial charge on any atom is -0.360 e. The topological polar surface area (TPSA) is 85.7 Å². The highest BCUT2D eigenvalue weighted by Gasteiger charge is 2.26. The first-order valence-electron chi connectivity index (χ1n) is 8.74. The minimum atomic E-state index is -0.355. The second-order valence-corrected chi connectivity index (χ2v) is 6.77. The van der Waals surface area contributed by atoms with Crippen LogP contribution in [0.2, 0.25) is 0 Å². The number of aromatic nitrogens is 2. The van der Waals surface area contributed by atoms with E-state index >= 15 is 0 Å². The molecule has 0 aliphatic carbocycles. The minimum absolute atomic E-state index is 0.0739.